The number of hydrogen-bond acceptors (Lipinski definition) is 6. The largest absolute Gasteiger partial charge is 0.484 e. The maximum Gasteiger partial charge on any atom is 0.331 e. The quantitative estimate of drug-likeness (QED) is 0.672. The summed E-state index contributed by atoms with van der Waals surface area (Å²) in [5.74, 6) is 0.192. The van der Waals surface area contributed by atoms with Crippen LogP contribution in [0.25, 0.3) is 0 Å². The lowest BCUT2D eigenvalue weighted by molar-refractivity contribution is -0.166. The highest BCUT2D eigenvalue weighted by Gasteiger charge is 2.40. The van der Waals surface area contributed by atoms with E-state index < -0.39 is 29.4 Å². The van der Waals surface area contributed by atoms with Crippen molar-refractivity contribution in [3.05, 3.63) is 23.5 Å². The monoisotopic (exact) mass is 366 g/mol. The van der Waals surface area contributed by atoms with Crippen molar-refractivity contribution >= 4 is 11.8 Å². The van der Waals surface area contributed by atoms with E-state index in [0.717, 1.165) is 5.57 Å². The number of allylic oxidation sites excluding steroid dienone is 1. The summed E-state index contributed by atoms with van der Waals surface area (Å²) in [6.07, 6.45) is 3.16. The van der Waals surface area contributed by atoms with Gasteiger partial charge in [0.15, 0.2) is 5.60 Å². The van der Waals surface area contributed by atoms with Gasteiger partial charge in [-0.25, -0.2) is 4.79 Å². The standard InChI is InChI=1S/C20H30O6/c1-12-9-15(25-17(22)10-12)18(23)20(5,24)8-6-7-13(2)14-11-16(21)19(3,4)26-14/h10-11,13,15,18,23-24H,6-9H2,1-5H3/t13-,15+,18+,20+/m1/s1. The predicted octanol–water partition coefficient (Wildman–Crippen LogP) is 2.43. The molecular formula is C20H30O6. The van der Waals surface area contributed by atoms with Crippen LogP contribution in [0.3, 0.4) is 0 Å². The summed E-state index contributed by atoms with van der Waals surface area (Å²) < 4.78 is 10.9. The summed E-state index contributed by atoms with van der Waals surface area (Å²) >= 11 is 0. The summed E-state index contributed by atoms with van der Waals surface area (Å²) in [5.41, 5.74) is -1.35. The van der Waals surface area contributed by atoms with Gasteiger partial charge in [0.2, 0.25) is 5.78 Å². The van der Waals surface area contributed by atoms with Crippen molar-refractivity contribution in [2.75, 3.05) is 0 Å². The van der Waals surface area contributed by atoms with E-state index in [1.165, 1.54) is 6.08 Å². The minimum Gasteiger partial charge on any atom is -0.484 e. The van der Waals surface area contributed by atoms with Crippen molar-refractivity contribution in [2.24, 2.45) is 5.92 Å². The Morgan fingerprint density at radius 2 is 2.00 bits per heavy atom. The van der Waals surface area contributed by atoms with Crippen molar-refractivity contribution in [3.8, 4) is 0 Å². The Morgan fingerprint density at radius 3 is 2.54 bits per heavy atom. The molecule has 0 saturated heterocycles. The molecule has 0 fully saturated rings. The second-order valence-corrected chi connectivity index (χ2v) is 8.29. The van der Waals surface area contributed by atoms with Gasteiger partial charge >= 0.3 is 5.97 Å². The highest BCUT2D eigenvalue weighted by Crippen LogP contribution is 2.33. The minimum absolute atomic E-state index is 0.0377. The molecule has 0 unspecified atom stereocenters. The zero-order valence-corrected chi connectivity index (χ0v) is 16.2. The van der Waals surface area contributed by atoms with E-state index in [2.05, 4.69) is 0 Å². The molecule has 26 heavy (non-hydrogen) atoms. The average molecular weight is 366 g/mol. The first-order chi connectivity index (χ1) is 11.9. The van der Waals surface area contributed by atoms with Crippen LogP contribution in [0.1, 0.15) is 60.3 Å². The topological polar surface area (TPSA) is 93.1 Å². The average Bonchev–Trinajstić information content (AvgIpc) is 2.79. The molecule has 0 saturated carbocycles. The van der Waals surface area contributed by atoms with Crippen molar-refractivity contribution in [3.63, 3.8) is 0 Å². The second-order valence-electron chi connectivity index (χ2n) is 8.29. The molecule has 2 N–H and O–H groups in total. The Bertz CT molecular complexity index is 628. The van der Waals surface area contributed by atoms with Crippen LogP contribution >= 0.6 is 0 Å². The molecule has 2 aliphatic rings. The molecule has 146 valence electrons. The van der Waals surface area contributed by atoms with Crippen molar-refractivity contribution in [2.45, 2.75) is 83.7 Å². The van der Waals surface area contributed by atoms with Gasteiger partial charge in [0.05, 0.1) is 5.60 Å². The van der Waals surface area contributed by atoms with Crippen LogP contribution in [-0.2, 0) is 19.1 Å². The van der Waals surface area contributed by atoms with Crippen LogP contribution in [0, 0.1) is 5.92 Å². The number of hydrogen-bond donors (Lipinski definition) is 2. The van der Waals surface area contributed by atoms with Gasteiger partial charge in [-0.3, -0.25) is 4.79 Å². The van der Waals surface area contributed by atoms with Crippen LogP contribution in [0.5, 0.6) is 0 Å². The normalized spacial score (nSPS) is 27.0. The molecule has 0 spiro atoms. The third kappa shape index (κ3) is 4.74. The van der Waals surface area contributed by atoms with E-state index >= 15 is 0 Å². The predicted molar refractivity (Wildman–Crippen MR) is 96.2 cm³/mol. The number of esters is 1. The molecule has 0 radical (unpaired) electrons. The van der Waals surface area contributed by atoms with Crippen LogP contribution in [-0.4, -0.2) is 45.4 Å². The molecule has 2 aliphatic heterocycles. The SMILES string of the molecule is CC1=CC(=O)O[C@H]([C@H](O)[C@@](C)(O)CCC[C@@H](C)C2=CC(=O)C(C)(C)O2)C1. The summed E-state index contributed by atoms with van der Waals surface area (Å²) in [5, 5.41) is 21.1. The highest BCUT2D eigenvalue weighted by atomic mass is 16.6. The minimum atomic E-state index is -1.37. The van der Waals surface area contributed by atoms with Crippen LogP contribution < -0.4 is 0 Å². The van der Waals surface area contributed by atoms with Gasteiger partial charge in [0.1, 0.15) is 18.0 Å². The van der Waals surface area contributed by atoms with Gasteiger partial charge in [0.25, 0.3) is 0 Å². The molecule has 0 aromatic carbocycles. The Morgan fingerprint density at radius 1 is 1.35 bits per heavy atom. The molecular weight excluding hydrogens is 336 g/mol. The third-order valence-electron chi connectivity index (χ3n) is 5.19. The van der Waals surface area contributed by atoms with Gasteiger partial charge < -0.3 is 19.7 Å². The maximum absolute atomic E-state index is 11.8. The van der Waals surface area contributed by atoms with E-state index in [4.69, 9.17) is 9.47 Å². The lowest BCUT2D eigenvalue weighted by Gasteiger charge is -2.35. The number of carbonyl (C=O) groups excluding carboxylic acids is 2. The molecule has 6 nitrogen and oxygen atoms in total. The van der Waals surface area contributed by atoms with Gasteiger partial charge in [-0.1, -0.05) is 12.5 Å². The smallest absolute Gasteiger partial charge is 0.331 e. The molecule has 0 bridgehead atoms. The fraction of sp³-hybridized carbons (Fsp3) is 0.700. The number of rotatable bonds is 7. The molecule has 0 amide bonds. The van der Waals surface area contributed by atoms with Gasteiger partial charge in [-0.15, -0.1) is 0 Å². The fourth-order valence-corrected chi connectivity index (χ4v) is 3.36. The van der Waals surface area contributed by atoms with Crippen LogP contribution in [0.15, 0.2) is 23.5 Å². The third-order valence-corrected chi connectivity index (χ3v) is 5.19. The van der Waals surface area contributed by atoms with Gasteiger partial charge in [0, 0.05) is 24.5 Å². The molecule has 4 atom stereocenters. The molecule has 2 heterocycles. The Kier molecular flexibility index (Phi) is 5.98. The fourth-order valence-electron chi connectivity index (χ4n) is 3.36. The van der Waals surface area contributed by atoms with E-state index in [-0.39, 0.29) is 11.7 Å². The molecule has 0 aromatic heterocycles. The highest BCUT2D eigenvalue weighted by molar-refractivity contribution is 5.98. The van der Waals surface area contributed by atoms with E-state index in [1.54, 1.807) is 33.8 Å². The Balaban J connectivity index is 1.86. The summed E-state index contributed by atoms with van der Waals surface area (Å²) in [6, 6.07) is 0. The Labute approximate surface area is 154 Å². The molecule has 6 heteroatoms. The number of carbonyl (C=O) groups is 2. The number of ether oxygens (including phenoxy) is 2. The summed E-state index contributed by atoms with van der Waals surface area (Å²) in [6.45, 7) is 8.82. The van der Waals surface area contributed by atoms with E-state index in [0.29, 0.717) is 31.4 Å². The van der Waals surface area contributed by atoms with Crippen LogP contribution in [0.2, 0.25) is 0 Å². The molecule has 0 aliphatic carbocycles. The number of aliphatic hydroxyl groups excluding tert-OH is 1. The zero-order valence-electron chi connectivity index (χ0n) is 16.2. The maximum atomic E-state index is 11.8. The van der Waals surface area contributed by atoms with E-state index in [9.17, 15) is 19.8 Å². The number of cyclic esters (lactones) is 1. The van der Waals surface area contributed by atoms with Crippen LogP contribution in [0.4, 0.5) is 0 Å². The number of aliphatic hydroxyl groups is 2. The van der Waals surface area contributed by atoms with Crippen molar-refractivity contribution in [1.29, 1.82) is 0 Å². The first-order valence-corrected chi connectivity index (χ1v) is 9.15. The first-order valence-electron chi connectivity index (χ1n) is 9.15. The lowest BCUT2D eigenvalue weighted by atomic mass is 9.85. The summed E-state index contributed by atoms with van der Waals surface area (Å²) in [7, 11) is 0. The Hall–Kier alpha value is -1.66. The van der Waals surface area contributed by atoms with Crippen molar-refractivity contribution in [1.82, 2.24) is 0 Å². The lowest BCUT2D eigenvalue weighted by Crippen LogP contribution is -2.49. The molecule has 2 rings (SSSR count). The summed E-state index contributed by atoms with van der Waals surface area (Å²) in [4.78, 5) is 23.3. The van der Waals surface area contributed by atoms with E-state index in [1.807, 2.05) is 6.92 Å². The number of ketones is 1. The zero-order chi connectivity index (χ0) is 19.7. The molecule has 0 aromatic rings. The second kappa shape index (κ2) is 7.53. The van der Waals surface area contributed by atoms with Gasteiger partial charge in [-0.05, 0) is 47.0 Å². The first kappa shape index (κ1) is 20.6. The van der Waals surface area contributed by atoms with Gasteiger partial charge in [-0.2, -0.15) is 0 Å². The van der Waals surface area contributed by atoms with Crippen molar-refractivity contribution < 1.29 is 29.3 Å².